The Balaban J connectivity index is 2.27. The molecule has 0 heterocycles. The molecule has 2 atom stereocenters. The summed E-state index contributed by atoms with van der Waals surface area (Å²) in [6, 6.07) is 5.54. The number of nitriles is 1. The lowest BCUT2D eigenvalue weighted by Gasteiger charge is -2.28. The van der Waals surface area contributed by atoms with Crippen molar-refractivity contribution in [1.29, 1.82) is 5.26 Å². The van der Waals surface area contributed by atoms with Crippen LogP contribution in [0.3, 0.4) is 0 Å². The Bertz CT molecular complexity index is 741. The Hall–Kier alpha value is -3.02. The molecule has 0 radical (unpaired) electrons. The number of nitrogens with one attached hydrogen (secondary N) is 1. The smallest absolute Gasteiger partial charge is 0.272 e. The maximum Gasteiger partial charge on any atom is 0.301 e. The summed E-state index contributed by atoms with van der Waals surface area (Å²) in [5.74, 6) is 0.398. The molecule has 2 rings (SSSR count). The van der Waals surface area contributed by atoms with Crippen LogP contribution in [0.25, 0.3) is 0 Å². The van der Waals surface area contributed by atoms with E-state index in [9.17, 15) is 20.2 Å². The standard InChI is InChI=1S/C16H19N5O4/c1-11-4-2-5-12(6-3-9-17)16(11)19-18-14-8-7-13(20(22)23)10-15(14)21(24)25/h7-8,10-12,18H,2-6H2,1H3/b19-16-/t11-,12+/m0/s1. The lowest BCUT2D eigenvalue weighted by molar-refractivity contribution is -0.393. The Morgan fingerprint density at radius 3 is 2.72 bits per heavy atom. The molecule has 1 N–H and O–H groups in total. The molecule has 0 aromatic heterocycles. The molecule has 0 amide bonds. The molecule has 0 spiro atoms. The van der Waals surface area contributed by atoms with Gasteiger partial charge in [0.15, 0.2) is 0 Å². The van der Waals surface area contributed by atoms with Gasteiger partial charge in [-0.1, -0.05) is 13.3 Å². The Morgan fingerprint density at radius 2 is 2.08 bits per heavy atom. The summed E-state index contributed by atoms with van der Waals surface area (Å²) in [4.78, 5) is 20.6. The number of non-ortho nitro benzene ring substituents is 1. The van der Waals surface area contributed by atoms with Crippen LogP contribution in [-0.2, 0) is 0 Å². The monoisotopic (exact) mass is 345 g/mol. The van der Waals surface area contributed by atoms with E-state index in [4.69, 9.17) is 5.26 Å². The maximum atomic E-state index is 11.2. The molecule has 0 aliphatic heterocycles. The van der Waals surface area contributed by atoms with Crippen molar-refractivity contribution in [1.82, 2.24) is 0 Å². The zero-order chi connectivity index (χ0) is 18.4. The van der Waals surface area contributed by atoms with Crippen LogP contribution < -0.4 is 5.43 Å². The van der Waals surface area contributed by atoms with E-state index in [1.54, 1.807) is 0 Å². The maximum absolute atomic E-state index is 11.2. The first-order chi connectivity index (χ1) is 11.9. The molecule has 132 valence electrons. The van der Waals surface area contributed by atoms with Crippen molar-refractivity contribution in [3.05, 3.63) is 38.4 Å². The minimum Gasteiger partial charge on any atom is -0.272 e. The molecule has 0 saturated heterocycles. The number of nitro groups is 2. The summed E-state index contributed by atoms with van der Waals surface area (Å²) in [7, 11) is 0. The van der Waals surface area contributed by atoms with Crippen LogP contribution >= 0.6 is 0 Å². The first-order valence-corrected chi connectivity index (χ1v) is 8.07. The van der Waals surface area contributed by atoms with E-state index < -0.39 is 15.5 Å². The van der Waals surface area contributed by atoms with Crippen LogP contribution in [0.1, 0.15) is 39.0 Å². The van der Waals surface area contributed by atoms with Gasteiger partial charge in [-0.25, -0.2) is 0 Å². The Labute approximate surface area is 144 Å². The number of rotatable bonds is 6. The molecule has 25 heavy (non-hydrogen) atoms. The largest absolute Gasteiger partial charge is 0.301 e. The van der Waals surface area contributed by atoms with Crippen LogP contribution in [-0.4, -0.2) is 15.6 Å². The molecule has 9 nitrogen and oxygen atoms in total. The van der Waals surface area contributed by atoms with Crippen molar-refractivity contribution in [3.63, 3.8) is 0 Å². The van der Waals surface area contributed by atoms with E-state index in [0.717, 1.165) is 31.0 Å². The van der Waals surface area contributed by atoms with E-state index in [2.05, 4.69) is 16.6 Å². The van der Waals surface area contributed by atoms with Crippen molar-refractivity contribution in [2.45, 2.75) is 39.0 Å². The van der Waals surface area contributed by atoms with Crippen LogP contribution in [0.15, 0.2) is 23.3 Å². The minimum atomic E-state index is -0.677. The molecular formula is C16H19N5O4. The lowest BCUT2D eigenvalue weighted by atomic mass is 9.78. The average molecular weight is 345 g/mol. The number of hydrazone groups is 1. The van der Waals surface area contributed by atoms with Gasteiger partial charge in [-0.2, -0.15) is 10.4 Å². The number of nitro benzene ring substituents is 2. The molecule has 0 bridgehead atoms. The molecule has 1 aromatic rings. The summed E-state index contributed by atoms with van der Waals surface area (Å²) in [5, 5.41) is 35.1. The normalized spacial score (nSPS) is 21.5. The number of benzene rings is 1. The Morgan fingerprint density at radius 1 is 1.32 bits per heavy atom. The molecule has 1 fully saturated rings. The summed E-state index contributed by atoms with van der Waals surface area (Å²) in [6.07, 6.45) is 4.13. The number of hydrogen-bond donors (Lipinski definition) is 1. The van der Waals surface area contributed by atoms with Crippen molar-refractivity contribution in [3.8, 4) is 6.07 Å². The molecule has 0 unspecified atom stereocenters. The van der Waals surface area contributed by atoms with Gasteiger partial charge in [0.25, 0.3) is 5.69 Å². The topological polar surface area (TPSA) is 134 Å². The highest BCUT2D eigenvalue weighted by Gasteiger charge is 2.27. The van der Waals surface area contributed by atoms with Gasteiger partial charge in [0.2, 0.25) is 0 Å². The van der Waals surface area contributed by atoms with Crippen molar-refractivity contribution in [2.75, 3.05) is 5.43 Å². The van der Waals surface area contributed by atoms with E-state index in [0.29, 0.717) is 12.8 Å². The van der Waals surface area contributed by atoms with Gasteiger partial charge >= 0.3 is 5.69 Å². The predicted octanol–water partition coefficient (Wildman–Crippen LogP) is 4.01. The Kier molecular flexibility index (Phi) is 6.00. The van der Waals surface area contributed by atoms with Crippen molar-refractivity contribution >= 4 is 22.8 Å². The second-order valence-corrected chi connectivity index (χ2v) is 6.09. The lowest BCUT2D eigenvalue weighted by Crippen LogP contribution is -2.27. The van der Waals surface area contributed by atoms with E-state index in [1.165, 1.54) is 12.1 Å². The average Bonchev–Trinajstić information content (AvgIpc) is 2.58. The third-order valence-electron chi connectivity index (χ3n) is 4.41. The fourth-order valence-electron chi connectivity index (χ4n) is 3.11. The van der Waals surface area contributed by atoms with Gasteiger partial charge in [-0.15, -0.1) is 0 Å². The molecular weight excluding hydrogens is 326 g/mol. The zero-order valence-electron chi connectivity index (χ0n) is 13.8. The molecule has 1 aliphatic rings. The van der Waals surface area contributed by atoms with Crippen LogP contribution in [0.2, 0.25) is 0 Å². The SMILES string of the molecule is C[C@H]1CCC[C@H](CCC#N)/C1=N\Nc1ccc([N+](=O)[O-])cc1[N+](=O)[O-]. The van der Waals surface area contributed by atoms with Gasteiger partial charge in [0.05, 0.1) is 22.0 Å². The van der Waals surface area contributed by atoms with Gasteiger partial charge < -0.3 is 0 Å². The van der Waals surface area contributed by atoms with Crippen LogP contribution in [0.5, 0.6) is 0 Å². The highest BCUT2D eigenvalue weighted by Crippen LogP contribution is 2.32. The molecule has 1 saturated carbocycles. The molecule has 1 aromatic carbocycles. The predicted molar refractivity (Wildman–Crippen MR) is 92.2 cm³/mol. The van der Waals surface area contributed by atoms with Gasteiger partial charge in [-0.05, 0) is 31.2 Å². The number of hydrogen-bond acceptors (Lipinski definition) is 7. The fraction of sp³-hybridized carbons (Fsp3) is 0.500. The highest BCUT2D eigenvalue weighted by atomic mass is 16.6. The summed E-state index contributed by atoms with van der Waals surface area (Å²) in [6.45, 7) is 2.04. The third kappa shape index (κ3) is 4.50. The second kappa shape index (κ2) is 8.19. The van der Waals surface area contributed by atoms with E-state index in [1.807, 2.05) is 6.92 Å². The highest BCUT2D eigenvalue weighted by molar-refractivity contribution is 5.90. The third-order valence-corrected chi connectivity index (χ3v) is 4.41. The van der Waals surface area contributed by atoms with Crippen LogP contribution in [0.4, 0.5) is 17.1 Å². The van der Waals surface area contributed by atoms with Crippen LogP contribution in [0, 0.1) is 43.4 Å². The fourth-order valence-corrected chi connectivity index (χ4v) is 3.11. The quantitative estimate of drug-likeness (QED) is 0.611. The first-order valence-electron chi connectivity index (χ1n) is 8.07. The van der Waals surface area contributed by atoms with E-state index >= 15 is 0 Å². The molecule has 9 heteroatoms. The summed E-state index contributed by atoms with van der Waals surface area (Å²) >= 11 is 0. The van der Waals surface area contributed by atoms with Gasteiger partial charge in [0.1, 0.15) is 5.69 Å². The molecule has 1 aliphatic carbocycles. The minimum absolute atomic E-state index is 0.111. The zero-order valence-corrected chi connectivity index (χ0v) is 13.8. The van der Waals surface area contributed by atoms with Crippen molar-refractivity contribution < 1.29 is 9.85 Å². The van der Waals surface area contributed by atoms with E-state index in [-0.39, 0.29) is 23.2 Å². The number of anilines is 1. The van der Waals surface area contributed by atoms with Gasteiger partial charge in [-0.3, -0.25) is 25.7 Å². The van der Waals surface area contributed by atoms with Crippen molar-refractivity contribution in [2.24, 2.45) is 16.9 Å². The second-order valence-electron chi connectivity index (χ2n) is 6.09. The number of nitrogens with zero attached hydrogens (tertiary/aromatic N) is 4. The van der Waals surface area contributed by atoms with Gasteiger partial charge in [0, 0.05) is 24.1 Å². The summed E-state index contributed by atoms with van der Waals surface area (Å²) < 4.78 is 0. The summed E-state index contributed by atoms with van der Waals surface area (Å²) in [5.41, 5.74) is 2.98. The first kappa shape index (κ1) is 18.3.